The summed E-state index contributed by atoms with van der Waals surface area (Å²) < 4.78 is 31.8. The van der Waals surface area contributed by atoms with E-state index in [1.807, 2.05) is 0 Å². The van der Waals surface area contributed by atoms with Crippen molar-refractivity contribution in [2.45, 2.75) is 26.2 Å². The molecule has 0 aromatic heterocycles. The zero-order chi connectivity index (χ0) is 13.4. The van der Waals surface area contributed by atoms with Gasteiger partial charge in [0.05, 0.1) is 4.47 Å². The highest BCUT2D eigenvalue weighted by Crippen LogP contribution is 2.28. The lowest BCUT2D eigenvalue weighted by Crippen LogP contribution is -2.22. The average Bonchev–Trinajstić information content (AvgIpc) is 2.30. The first-order valence-electron chi connectivity index (χ1n) is 6.13. The SMILES string of the molecule is CCCCCNCCOc1c(F)cc(F)cc1Br. The normalized spacial score (nSPS) is 10.7. The van der Waals surface area contributed by atoms with Crippen molar-refractivity contribution in [1.82, 2.24) is 5.32 Å². The largest absolute Gasteiger partial charge is 0.488 e. The number of hydrogen-bond acceptors (Lipinski definition) is 2. The van der Waals surface area contributed by atoms with Crippen LogP contribution in [-0.4, -0.2) is 19.7 Å². The van der Waals surface area contributed by atoms with Gasteiger partial charge in [0.1, 0.15) is 12.4 Å². The maximum atomic E-state index is 13.4. The van der Waals surface area contributed by atoms with E-state index in [4.69, 9.17) is 4.74 Å². The minimum absolute atomic E-state index is 0.0618. The van der Waals surface area contributed by atoms with Crippen LogP contribution in [0.3, 0.4) is 0 Å². The molecule has 0 spiro atoms. The van der Waals surface area contributed by atoms with E-state index < -0.39 is 11.6 Å². The third kappa shape index (κ3) is 5.31. The van der Waals surface area contributed by atoms with E-state index in [0.29, 0.717) is 17.6 Å². The summed E-state index contributed by atoms with van der Waals surface area (Å²) in [5, 5.41) is 3.20. The van der Waals surface area contributed by atoms with Crippen LogP contribution in [0.2, 0.25) is 0 Å². The molecule has 1 aromatic carbocycles. The van der Waals surface area contributed by atoms with Crippen LogP contribution in [0.5, 0.6) is 5.75 Å². The van der Waals surface area contributed by atoms with Gasteiger partial charge in [-0.25, -0.2) is 8.78 Å². The highest BCUT2D eigenvalue weighted by atomic mass is 79.9. The smallest absolute Gasteiger partial charge is 0.169 e. The molecule has 0 amide bonds. The topological polar surface area (TPSA) is 21.3 Å². The second kappa shape index (κ2) is 8.43. The Kier molecular flexibility index (Phi) is 7.20. The third-order valence-corrected chi connectivity index (χ3v) is 3.03. The van der Waals surface area contributed by atoms with Gasteiger partial charge in [-0.15, -0.1) is 0 Å². The fourth-order valence-corrected chi connectivity index (χ4v) is 2.04. The number of halogens is 3. The van der Waals surface area contributed by atoms with Gasteiger partial charge in [0.2, 0.25) is 0 Å². The summed E-state index contributed by atoms with van der Waals surface area (Å²) in [6, 6.07) is 2.00. The molecule has 0 radical (unpaired) electrons. The Bertz CT molecular complexity index is 351. The summed E-state index contributed by atoms with van der Waals surface area (Å²) in [5.41, 5.74) is 0. The van der Waals surface area contributed by atoms with E-state index >= 15 is 0 Å². The average molecular weight is 322 g/mol. The van der Waals surface area contributed by atoms with Crippen molar-refractivity contribution < 1.29 is 13.5 Å². The fraction of sp³-hybridized carbons (Fsp3) is 0.538. The lowest BCUT2D eigenvalue weighted by molar-refractivity contribution is 0.295. The minimum Gasteiger partial charge on any atom is -0.488 e. The molecule has 102 valence electrons. The summed E-state index contributed by atoms with van der Waals surface area (Å²) in [6.07, 6.45) is 3.52. The second-order valence-electron chi connectivity index (χ2n) is 4.00. The predicted molar refractivity (Wildman–Crippen MR) is 71.9 cm³/mol. The fourth-order valence-electron chi connectivity index (χ4n) is 1.52. The lowest BCUT2D eigenvalue weighted by atomic mass is 10.2. The van der Waals surface area contributed by atoms with Crippen molar-refractivity contribution in [2.24, 2.45) is 0 Å². The molecule has 0 saturated carbocycles. The second-order valence-corrected chi connectivity index (χ2v) is 4.86. The molecule has 1 N–H and O–H groups in total. The number of nitrogens with one attached hydrogen (secondary N) is 1. The van der Waals surface area contributed by atoms with E-state index in [1.54, 1.807) is 0 Å². The van der Waals surface area contributed by atoms with Crippen LogP contribution >= 0.6 is 15.9 Å². The summed E-state index contributed by atoms with van der Waals surface area (Å²) in [6.45, 7) is 4.09. The van der Waals surface area contributed by atoms with Crippen LogP contribution in [0.1, 0.15) is 26.2 Å². The predicted octanol–water partition coefficient (Wildman–Crippen LogP) is 3.89. The molecule has 0 bridgehead atoms. The van der Waals surface area contributed by atoms with Crippen molar-refractivity contribution in [1.29, 1.82) is 0 Å². The molecule has 0 aliphatic heterocycles. The molecular formula is C13H18BrF2NO. The first kappa shape index (κ1) is 15.4. The standard InChI is InChI=1S/C13H18BrF2NO/c1-2-3-4-5-17-6-7-18-13-11(14)8-10(15)9-12(13)16/h8-9,17H,2-7H2,1H3. The Labute approximate surface area is 115 Å². The van der Waals surface area contributed by atoms with Gasteiger partial charge in [-0.2, -0.15) is 0 Å². The Morgan fingerprint density at radius 1 is 1.22 bits per heavy atom. The van der Waals surface area contributed by atoms with Crippen molar-refractivity contribution in [2.75, 3.05) is 19.7 Å². The van der Waals surface area contributed by atoms with Gasteiger partial charge in [0.25, 0.3) is 0 Å². The van der Waals surface area contributed by atoms with Crippen LogP contribution in [0, 0.1) is 11.6 Å². The van der Waals surface area contributed by atoms with E-state index in [0.717, 1.165) is 19.0 Å². The molecule has 0 fully saturated rings. The molecule has 18 heavy (non-hydrogen) atoms. The zero-order valence-corrected chi connectivity index (χ0v) is 12.0. The minimum atomic E-state index is -0.687. The highest BCUT2D eigenvalue weighted by molar-refractivity contribution is 9.10. The first-order chi connectivity index (χ1) is 8.65. The van der Waals surface area contributed by atoms with Crippen LogP contribution in [0.4, 0.5) is 8.78 Å². The first-order valence-corrected chi connectivity index (χ1v) is 6.92. The van der Waals surface area contributed by atoms with Gasteiger partial charge in [-0.3, -0.25) is 0 Å². The molecule has 1 rings (SSSR count). The van der Waals surface area contributed by atoms with E-state index in [-0.39, 0.29) is 5.75 Å². The summed E-state index contributed by atoms with van der Waals surface area (Å²) >= 11 is 3.08. The molecule has 5 heteroatoms. The third-order valence-electron chi connectivity index (χ3n) is 2.45. The maximum Gasteiger partial charge on any atom is 0.169 e. The van der Waals surface area contributed by atoms with Crippen molar-refractivity contribution in [3.8, 4) is 5.75 Å². The molecule has 0 saturated heterocycles. The molecule has 1 aromatic rings. The van der Waals surface area contributed by atoms with Crippen molar-refractivity contribution >= 4 is 15.9 Å². The van der Waals surface area contributed by atoms with Gasteiger partial charge in [-0.05, 0) is 35.0 Å². The van der Waals surface area contributed by atoms with Crippen LogP contribution in [-0.2, 0) is 0 Å². The number of hydrogen-bond donors (Lipinski definition) is 1. The van der Waals surface area contributed by atoms with Crippen molar-refractivity contribution in [3.05, 3.63) is 28.2 Å². The highest BCUT2D eigenvalue weighted by Gasteiger charge is 2.10. The van der Waals surface area contributed by atoms with Crippen LogP contribution in [0.25, 0.3) is 0 Å². The molecule has 0 aliphatic rings. The molecule has 0 unspecified atom stereocenters. The molecule has 0 aliphatic carbocycles. The molecular weight excluding hydrogens is 304 g/mol. The Hall–Kier alpha value is -0.680. The number of rotatable bonds is 8. The van der Waals surface area contributed by atoms with E-state index in [9.17, 15) is 8.78 Å². The molecule has 0 heterocycles. The lowest BCUT2D eigenvalue weighted by Gasteiger charge is -2.10. The molecule has 2 nitrogen and oxygen atoms in total. The van der Waals surface area contributed by atoms with Crippen LogP contribution in [0.15, 0.2) is 16.6 Å². The Balaban J connectivity index is 2.27. The van der Waals surface area contributed by atoms with Gasteiger partial charge in [0, 0.05) is 12.6 Å². The maximum absolute atomic E-state index is 13.4. The number of ether oxygens (including phenoxy) is 1. The molecule has 0 atom stereocenters. The monoisotopic (exact) mass is 321 g/mol. The van der Waals surface area contributed by atoms with Gasteiger partial charge >= 0.3 is 0 Å². The number of unbranched alkanes of at least 4 members (excludes halogenated alkanes) is 2. The summed E-state index contributed by atoms with van der Waals surface area (Å²) in [4.78, 5) is 0. The number of benzene rings is 1. The van der Waals surface area contributed by atoms with Crippen LogP contribution < -0.4 is 10.1 Å². The van der Waals surface area contributed by atoms with E-state index in [1.165, 1.54) is 18.9 Å². The Morgan fingerprint density at radius 2 is 2.00 bits per heavy atom. The van der Waals surface area contributed by atoms with Crippen molar-refractivity contribution in [3.63, 3.8) is 0 Å². The van der Waals surface area contributed by atoms with E-state index in [2.05, 4.69) is 28.2 Å². The quantitative estimate of drug-likeness (QED) is 0.733. The van der Waals surface area contributed by atoms with Gasteiger partial charge in [-0.1, -0.05) is 19.8 Å². The van der Waals surface area contributed by atoms with Gasteiger partial charge < -0.3 is 10.1 Å². The van der Waals surface area contributed by atoms with Gasteiger partial charge in [0.15, 0.2) is 11.6 Å². The summed E-state index contributed by atoms with van der Waals surface area (Å²) in [5.74, 6) is -1.25. The summed E-state index contributed by atoms with van der Waals surface area (Å²) in [7, 11) is 0. The Morgan fingerprint density at radius 3 is 2.67 bits per heavy atom. The zero-order valence-electron chi connectivity index (χ0n) is 10.4.